The van der Waals surface area contributed by atoms with Crippen molar-refractivity contribution in [1.29, 1.82) is 0 Å². The number of hydrogen-bond donors (Lipinski definition) is 1. The number of carbonyl (C=O) groups is 1. The van der Waals surface area contributed by atoms with Crippen LogP contribution in [0.2, 0.25) is 0 Å². The number of benzene rings is 2. The number of nitrogens with two attached hydrogens (primary N) is 1. The zero-order valence-electron chi connectivity index (χ0n) is 12.2. The second-order valence-corrected chi connectivity index (χ2v) is 4.47. The molecule has 0 fully saturated rings. The van der Waals surface area contributed by atoms with E-state index in [-0.39, 0.29) is 18.1 Å². The lowest BCUT2D eigenvalue weighted by atomic mass is 10.2. The van der Waals surface area contributed by atoms with E-state index in [1.165, 1.54) is 18.2 Å². The third-order valence-corrected chi connectivity index (χ3v) is 2.58. The number of anilines is 1. The van der Waals surface area contributed by atoms with E-state index in [1.807, 2.05) is 0 Å². The number of esters is 1. The largest absolute Gasteiger partial charge is 0.457 e. The molecule has 4 nitrogen and oxygen atoms in total. The van der Waals surface area contributed by atoms with Crippen molar-refractivity contribution in [3.05, 3.63) is 53.6 Å². The Morgan fingerprint density at radius 3 is 2.39 bits per heavy atom. The topological polar surface area (TPSA) is 61.5 Å². The van der Waals surface area contributed by atoms with Crippen molar-refractivity contribution in [2.24, 2.45) is 0 Å². The Labute approximate surface area is 131 Å². The lowest BCUT2D eigenvalue weighted by Gasteiger charge is -2.07. The molecular weight excluding hydrogens is 304 g/mol. The quantitative estimate of drug-likeness (QED) is 0.536. The normalized spacial score (nSPS) is 9.70. The Hall–Kier alpha value is -3.07. The summed E-state index contributed by atoms with van der Waals surface area (Å²) < 4.78 is 36.4. The number of nitrogen functional groups attached to an aromatic ring is 1. The first-order valence-corrected chi connectivity index (χ1v) is 6.69. The van der Waals surface area contributed by atoms with Gasteiger partial charge < -0.3 is 15.2 Å². The van der Waals surface area contributed by atoms with Gasteiger partial charge in [0.2, 0.25) is 0 Å². The minimum Gasteiger partial charge on any atom is -0.457 e. The van der Waals surface area contributed by atoms with E-state index >= 15 is 0 Å². The molecule has 0 heterocycles. The first-order valence-electron chi connectivity index (χ1n) is 6.69. The molecule has 0 unspecified atom stereocenters. The Balaban J connectivity index is 2.25. The van der Waals surface area contributed by atoms with Crippen LogP contribution >= 0.6 is 0 Å². The van der Waals surface area contributed by atoms with Gasteiger partial charge in [-0.15, -0.1) is 0 Å². The maximum Gasteiger partial charge on any atom is 0.384 e. The summed E-state index contributed by atoms with van der Waals surface area (Å²) in [6, 6.07) is 7.31. The summed E-state index contributed by atoms with van der Waals surface area (Å²) in [7, 11) is 0. The minimum atomic E-state index is -0.758. The van der Waals surface area contributed by atoms with Crippen LogP contribution in [-0.2, 0) is 9.53 Å². The summed E-state index contributed by atoms with van der Waals surface area (Å²) in [5, 5.41) is 0. The highest BCUT2D eigenvalue weighted by Crippen LogP contribution is 2.26. The van der Waals surface area contributed by atoms with Gasteiger partial charge in [0, 0.05) is 41.4 Å². The zero-order valence-corrected chi connectivity index (χ0v) is 12.2. The monoisotopic (exact) mass is 317 g/mol. The molecule has 2 N–H and O–H groups in total. The van der Waals surface area contributed by atoms with Crippen molar-refractivity contribution in [3.8, 4) is 23.3 Å². The van der Waals surface area contributed by atoms with E-state index < -0.39 is 17.6 Å². The molecule has 0 atom stereocenters. The second kappa shape index (κ2) is 7.27. The van der Waals surface area contributed by atoms with E-state index in [0.29, 0.717) is 11.3 Å². The maximum atomic E-state index is 13.2. The van der Waals surface area contributed by atoms with Crippen LogP contribution < -0.4 is 10.5 Å². The van der Waals surface area contributed by atoms with Gasteiger partial charge in [0.25, 0.3) is 0 Å². The first kappa shape index (κ1) is 16.3. The van der Waals surface area contributed by atoms with Crippen molar-refractivity contribution in [2.45, 2.75) is 6.92 Å². The molecule has 0 aliphatic heterocycles. The molecule has 0 aliphatic carbocycles. The average molecular weight is 317 g/mol. The molecule has 2 rings (SSSR count). The van der Waals surface area contributed by atoms with E-state index in [0.717, 1.165) is 18.2 Å². The molecule has 2 aromatic rings. The smallest absolute Gasteiger partial charge is 0.384 e. The van der Waals surface area contributed by atoms with Gasteiger partial charge in [-0.3, -0.25) is 0 Å². The van der Waals surface area contributed by atoms with E-state index in [4.69, 9.17) is 10.5 Å². The van der Waals surface area contributed by atoms with E-state index in [1.54, 1.807) is 6.92 Å². The average Bonchev–Trinajstić information content (AvgIpc) is 2.43. The summed E-state index contributed by atoms with van der Waals surface area (Å²) in [5.74, 6) is 2.92. The van der Waals surface area contributed by atoms with Crippen LogP contribution in [0.15, 0.2) is 36.4 Å². The molecule has 2 aromatic carbocycles. The number of ether oxygens (including phenoxy) is 2. The standard InChI is InChI=1S/C17H13F2NO3/c1-2-22-17(21)4-3-11-5-14(20)10-15(6-11)23-16-8-12(18)7-13(19)9-16/h5-10H,2,20H2,1H3. The highest BCUT2D eigenvalue weighted by atomic mass is 19.1. The van der Waals surface area contributed by atoms with Crippen LogP contribution in [0, 0.1) is 23.5 Å². The van der Waals surface area contributed by atoms with Crippen molar-refractivity contribution in [3.63, 3.8) is 0 Å². The summed E-state index contributed by atoms with van der Waals surface area (Å²) in [5.41, 5.74) is 6.46. The van der Waals surface area contributed by atoms with Crippen molar-refractivity contribution < 1.29 is 23.0 Å². The summed E-state index contributed by atoms with van der Waals surface area (Å²) in [6.45, 7) is 1.90. The summed E-state index contributed by atoms with van der Waals surface area (Å²) in [6.07, 6.45) is 0. The van der Waals surface area contributed by atoms with Crippen LogP contribution in [0.1, 0.15) is 12.5 Å². The zero-order chi connectivity index (χ0) is 16.8. The SMILES string of the molecule is CCOC(=O)C#Cc1cc(N)cc(Oc2cc(F)cc(F)c2)c1. The summed E-state index contributed by atoms with van der Waals surface area (Å²) >= 11 is 0. The van der Waals surface area contributed by atoms with E-state index in [9.17, 15) is 13.6 Å². The van der Waals surface area contributed by atoms with Gasteiger partial charge in [-0.2, -0.15) is 0 Å². The molecule has 6 heteroatoms. The number of hydrogen-bond acceptors (Lipinski definition) is 4. The summed E-state index contributed by atoms with van der Waals surface area (Å²) in [4.78, 5) is 11.2. The number of halogens is 2. The lowest BCUT2D eigenvalue weighted by molar-refractivity contribution is -0.136. The van der Waals surface area contributed by atoms with Gasteiger partial charge in [-0.05, 0) is 19.1 Å². The van der Waals surface area contributed by atoms with Gasteiger partial charge in [0.1, 0.15) is 23.1 Å². The molecule has 0 spiro atoms. The number of carbonyl (C=O) groups excluding carboxylic acids is 1. The third kappa shape index (κ3) is 5.00. The molecule has 0 saturated heterocycles. The van der Waals surface area contributed by atoms with E-state index in [2.05, 4.69) is 16.6 Å². The predicted octanol–water partition coefficient (Wildman–Crippen LogP) is 3.25. The molecular formula is C17H13F2NO3. The third-order valence-electron chi connectivity index (χ3n) is 2.58. The predicted molar refractivity (Wildman–Crippen MR) is 80.8 cm³/mol. The fraction of sp³-hybridized carbons (Fsp3) is 0.118. The Morgan fingerprint density at radius 2 is 1.74 bits per heavy atom. The van der Waals surface area contributed by atoms with Crippen molar-refractivity contribution in [2.75, 3.05) is 12.3 Å². The van der Waals surface area contributed by atoms with Crippen molar-refractivity contribution >= 4 is 11.7 Å². The Bertz CT molecular complexity index is 774. The van der Waals surface area contributed by atoms with Crippen LogP contribution in [0.3, 0.4) is 0 Å². The Kier molecular flexibility index (Phi) is 5.15. The van der Waals surface area contributed by atoms with Crippen LogP contribution in [-0.4, -0.2) is 12.6 Å². The molecule has 0 aliphatic rings. The molecule has 0 bridgehead atoms. The first-order chi connectivity index (χ1) is 11.0. The van der Waals surface area contributed by atoms with Gasteiger partial charge in [-0.25, -0.2) is 13.6 Å². The van der Waals surface area contributed by atoms with Gasteiger partial charge in [0.15, 0.2) is 0 Å². The fourth-order valence-electron chi connectivity index (χ4n) is 1.77. The molecule has 23 heavy (non-hydrogen) atoms. The van der Waals surface area contributed by atoms with Gasteiger partial charge in [-0.1, -0.05) is 5.92 Å². The highest BCUT2D eigenvalue weighted by Gasteiger charge is 2.05. The van der Waals surface area contributed by atoms with Crippen molar-refractivity contribution in [1.82, 2.24) is 0 Å². The number of rotatable bonds is 3. The Morgan fingerprint density at radius 1 is 1.09 bits per heavy atom. The van der Waals surface area contributed by atoms with Gasteiger partial charge in [0.05, 0.1) is 6.61 Å². The fourth-order valence-corrected chi connectivity index (χ4v) is 1.77. The van der Waals surface area contributed by atoms with Gasteiger partial charge >= 0.3 is 5.97 Å². The van der Waals surface area contributed by atoms with Crippen LogP contribution in [0.4, 0.5) is 14.5 Å². The molecule has 0 aromatic heterocycles. The molecule has 0 saturated carbocycles. The molecule has 0 radical (unpaired) electrons. The lowest BCUT2D eigenvalue weighted by Crippen LogP contribution is -1.99. The maximum absolute atomic E-state index is 13.2. The molecule has 0 amide bonds. The van der Waals surface area contributed by atoms with Crippen LogP contribution in [0.25, 0.3) is 0 Å². The highest BCUT2D eigenvalue weighted by molar-refractivity contribution is 5.89. The molecule has 118 valence electrons. The van der Waals surface area contributed by atoms with Crippen LogP contribution in [0.5, 0.6) is 11.5 Å². The second-order valence-electron chi connectivity index (χ2n) is 4.47. The minimum absolute atomic E-state index is 0.0163.